The number of carboxylic acid groups (broad SMARTS) is 1. The molecule has 1 aliphatic rings. The van der Waals surface area contributed by atoms with Crippen molar-refractivity contribution in [3.05, 3.63) is 26.9 Å². The van der Waals surface area contributed by atoms with Crippen molar-refractivity contribution >= 4 is 57.0 Å². The minimum Gasteiger partial charge on any atom is -0.480 e. The molecule has 1 N–H and O–H groups in total. The molecule has 0 spiro atoms. The molecule has 1 aliphatic heterocycles. The predicted molar refractivity (Wildman–Crippen MR) is 90.4 cm³/mol. The van der Waals surface area contributed by atoms with Crippen LogP contribution < -0.4 is 0 Å². The predicted octanol–water partition coefficient (Wildman–Crippen LogP) is 3.53. The molecule has 2 rings (SSSR count). The fourth-order valence-corrected chi connectivity index (χ4v) is 4.97. The van der Waals surface area contributed by atoms with Gasteiger partial charge in [-0.25, -0.2) is 4.79 Å². The van der Waals surface area contributed by atoms with Crippen LogP contribution in [0.25, 0.3) is 6.08 Å². The number of amides is 1. The van der Waals surface area contributed by atoms with Crippen molar-refractivity contribution in [1.82, 2.24) is 4.90 Å². The van der Waals surface area contributed by atoms with E-state index in [0.29, 0.717) is 5.75 Å². The normalized spacial score (nSPS) is 22.4. The summed E-state index contributed by atoms with van der Waals surface area (Å²) in [6.45, 7) is 4.00. The molecule has 2 atom stereocenters. The van der Waals surface area contributed by atoms with Crippen LogP contribution in [0.2, 0.25) is 0 Å². The first kappa shape index (κ1) is 16.6. The zero-order valence-electron chi connectivity index (χ0n) is 11.7. The second kappa shape index (κ2) is 6.98. The van der Waals surface area contributed by atoms with Crippen molar-refractivity contribution in [2.24, 2.45) is 5.92 Å². The van der Waals surface area contributed by atoms with Gasteiger partial charge in [0.05, 0.1) is 9.16 Å². The van der Waals surface area contributed by atoms with Crippen LogP contribution in [0.1, 0.15) is 18.7 Å². The lowest BCUT2D eigenvalue weighted by Gasteiger charge is -2.28. The van der Waals surface area contributed by atoms with Gasteiger partial charge in [0.25, 0.3) is 0 Å². The van der Waals surface area contributed by atoms with Crippen LogP contribution in [0.15, 0.2) is 22.0 Å². The maximum Gasteiger partial charge on any atom is 0.327 e. The third-order valence-corrected chi connectivity index (χ3v) is 6.34. The fourth-order valence-electron chi connectivity index (χ4n) is 2.17. The Morgan fingerprint density at radius 3 is 2.71 bits per heavy atom. The fraction of sp³-hybridized carbons (Fsp3) is 0.429. The molecule has 21 heavy (non-hydrogen) atoms. The molecule has 1 aromatic heterocycles. The summed E-state index contributed by atoms with van der Waals surface area (Å²) in [5.74, 6) is -0.517. The first-order valence-corrected chi connectivity index (χ1v) is 9.16. The molecule has 2 heterocycles. The standard InChI is InChI=1S/C14H16BrNO3S2/c1-8(2)13-16(10(7-20-13)14(18)19)12(17)6-4-9-3-5-11(15)21-9/h3-6,8,10,13H,7H2,1-2H3,(H,18,19). The van der Waals surface area contributed by atoms with Gasteiger partial charge in [0.2, 0.25) is 5.91 Å². The lowest BCUT2D eigenvalue weighted by atomic mass is 10.1. The first-order valence-electron chi connectivity index (χ1n) is 6.50. The van der Waals surface area contributed by atoms with E-state index in [1.807, 2.05) is 26.0 Å². The Bertz CT molecular complexity index is 570. The summed E-state index contributed by atoms with van der Waals surface area (Å²) in [5.41, 5.74) is 0. The van der Waals surface area contributed by atoms with E-state index in [1.165, 1.54) is 34.1 Å². The van der Waals surface area contributed by atoms with Crippen LogP contribution >= 0.6 is 39.0 Å². The summed E-state index contributed by atoms with van der Waals surface area (Å²) < 4.78 is 0.995. The van der Waals surface area contributed by atoms with E-state index in [-0.39, 0.29) is 17.2 Å². The number of aliphatic carboxylic acids is 1. The number of rotatable bonds is 4. The van der Waals surface area contributed by atoms with Crippen molar-refractivity contribution in [2.45, 2.75) is 25.3 Å². The number of nitrogens with zero attached hydrogens (tertiary/aromatic N) is 1. The summed E-state index contributed by atoms with van der Waals surface area (Å²) in [7, 11) is 0. The largest absolute Gasteiger partial charge is 0.480 e. The van der Waals surface area contributed by atoms with Crippen LogP contribution in [0.5, 0.6) is 0 Å². The highest BCUT2D eigenvalue weighted by Gasteiger charge is 2.41. The third kappa shape index (κ3) is 3.90. The smallest absolute Gasteiger partial charge is 0.327 e. The SMILES string of the molecule is CC(C)C1SCC(C(=O)O)N1C(=O)C=Cc1ccc(Br)s1. The number of carbonyl (C=O) groups excluding carboxylic acids is 1. The minimum absolute atomic E-state index is 0.0849. The lowest BCUT2D eigenvalue weighted by molar-refractivity contribution is -0.147. The van der Waals surface area contributed by atoms with Gasteiger partial charge in [-0.1, -0.05) is 13.8 Å². The van der Waals surface area contributed by atoms with E-state index in [4.69, 9.17) is 0 Å². The molecule has 4 nitrogen and oxygen atoms in total. The van der Waals surface area contributed by atoms with Crippen LogP contribution in [0.4, 0.5) is 0 Å². The van der Waals surface area contributed by atoms with Crippen molar-refractivity contribution in [1.29, 1.82) is 0 Å². The molecule has 0 aromatic carbocycles. The quantitative estimate of drug-likeness (QED) is 0.800. The van der Waals surface area contributed by atoms with Crippen LogP contribution in [-0.2, 0) is 9.59 Å². The summed E-state index contributed by atoms with van der Waals surface area (Å²) in [4.78, 5) is 26.2. The topological polar surface area (TPSA) is 57.6 Å². The molecule has 0 saturated carbocycles. The van der Waals surface area contributed by atoms with Crippen molar-refractivity contribution in [3.8, 4) is 0 Å². The van der Waals surface area contributed by atoms with Gasteiger partial charge in [-0.3, -0.25) is 4.79 Å². The van der Waals surface area contributed by atoms with Gasteiger partial charge in [-0.05, 0) is 40.1 Å². The van der Waals surface area contributed by atoms with Crippen molar-refractivity contribution in [2.75, 3.05) is 5.75 Å². The Balaban J connectivity index is 2.17. The van der Waals surface area contributed by atoms with E-state index in [1.54, 1.807) is 6.08 Å². The van der Waals surface area contributed by atoms with Crippen LogP contribution in [0.3, 0.4) is 0 Å². The highest BCUT2D eigenvalue weighted by atomic mass is 79.9. The second-order valence-corrected chi connectivity index (χ2v) is 8.69. The molecule has 7 heteroatoms. The number of halogens is 1. The average molecular weight is 390 g/mol. The Labute approximate surface area is 140 Å². The van der Waals surface area contributed by atoms with Gasteiger partial charge in [-0.15, -0.1) is 23.1 Å². The molecule has 1 saturated heterocycles. The van der Waals surface area contributed by atoms with E-state index in [0.717, 1.165) is 8.66 Å². The van der Waals surface area contributed by atoms with Crippen molar-refractivity contribution < 1.29 is 14.7 Å². The maximum atomic E-state index is 12.4. The third-order valence-electron chi connectivity index (χ3n) is 3.13. The second-order valence-electron chi connectivity index (χ2n) is 5.04. The van der Waals surface area contributed by atoms with Gasteiger partial charge in [0, 0.05) is 16.7 Å². The summed E-state index contributed by atoms with van der Waals surface area (Å²) >= 11 is 6.43. The molecule has 0 radical (unpaired) electrons. The number of hydrogen-bond acceptors (Lipinski definition) is 4. The highest BCUT2D eigenvalue weighted by Crippen LogP contribution is 2.34. The monoisotopic (exact) mass is 389 g/mol. The molecule has 1 fully saturated rings. The minimum atomic E-state index is -0.939. The molecular weight excluding hydrogens is 374 g/mol. The summed E-state index contributed by atoms with van der Waals surface area (Å²) in [5, 5.41) is 9.20. The van der Waals surface area contributed by atoms with Crippen molar-refractivity contribution in [3.63, 3.8) is 0 Å². The average Bonchev–Trinajstić information content (AvgIpc) is 3.01. The number of thiophene rings is 1. The molecule has 0 aliphatic carbocycles. The van der Waals surface area contributed by atoms with Gasteiger partial charge in [-0.2, -0.15) is 0 Å². The van der Waals surface area contributed by atoms with Gasteiger partial charge >= 0.3 is 5.97 Å². The van der Waals surface area contributed by atoms with Gasteiger partial charge < -0.3 is 10.0 Å². The molecule has 1 amide bonds. The number of hydrogen-bond donors (Lipinski definition) is 1. The molecule has 0 bridgehead atoms. The number of thioether (sulfide) groups is 1. The number of carboxylic acids is 1. The van der Waals surface area contributed by atoms with Crippen LogP contribution in [0, 0.1) is 5.92 Å². The van der Waals surface area contributed by atoms with Crippen LogP contribution in [-0.4, -0.2) is 39.1 Å². The molecular formula is C14H16BrNO3S2. The Morgan fingerprint density at radius 2 is 2.19 bits per heavy atom. The number of carbonyl (C=O) groups is 2. The van der Waals surface area contributed by atoms with E-state index < -0.39 is 12.0 Å². The van der Waals surface area contributed by atoms with Gasteiger partial charge in [0.15, 0.2) is 0 Å². The highest BCUT2D eigenvalue weighted by molar-refractivity contribution is 9.11. The first-order chi connectivity index (χ1) is 9.90. The zero-order chi connectivity index (χ0) is 15.6. The van der Waals surface area contributed by atoms with E-state index in [9.17, 15) is 14.7 Å². The Kier molecular flexibility index (Phi) is 5.51. The molecule has 1 aromatic rings. The van der Waals surface area contributed by atoms with E-state index in [2.05, 4.69) is 15.9 Å². The summed E-state index contributed by atoms with van der Waals surface area (Å²) in [6, 6.07) is 3.08. The lowest BCUT2D eigenvalue weighted by Crippen LogP contribution is -2.46. The molecule has 2 unspecified atom stereocenters. The Morgan fingerprint density at radius 1 is 1.48 bits per heavy atom. The van der Waals surface area contributed by atoms with E-state index >= 15 is 0 Å². The summed E-state index contributed by atoms with van der Waals surface area (Å²) in [6.07, 6.45) is 3.20. The van der Waals surface area contributed by atoms with Gasteiger partial charge in [0.1, 0.15) is 6.04 Å². The molecule has 114 valence electrons. The maximum absolute atomic E-state index is 12.4. The zero-order valence-corrected chi connectivity index (χ0v) is 14.9. The Hall–Kier alpha value is -0.790.